The summed E-state index contributed by atoms with van der Waals surface area (Å²) >= 11 is 1.49. The molecule has 0 saturated carbocycles. The van der Waals surface area contributed by atoms with Gasteiger partial charge in [0.15, 0.2) is 0 Å². The van der Waals surface area contributed by atoms with Gasteiger partial charge in [-0.15, -0.1) is 11.3 Å². The van der Waals surface area contributed by atoms with E-state index in [4.69, 9.17) is 0 Å². The molecule has 1 aromatic heterocycles. The number of anilines is 1. The largest absolute Gasteiger partial charge is 0.386 e. The van der Waals surface area contributed by atoms with Crippen LogP contribution in [-0.2, 0) is 0 Å². The maximum absolute atomic E-state index is 11.6. The van der Waals surface area contributed by atoms with E-state index < -0.39 is 6.10 Å². The van der Waals surface area contributed by atoms with Crippen molar-refractivity contribution in [1.82, 2.24) is 5.32 Å². The van der Waals surface area contributed by atoms with E-state index in [9.17, 15) is 9.90 Å². The van der Waals surface area contributed by atoms with Crippen LogP contribution in [0.2, 0.25) is 0 Å². The Morgan fingerprint density at radius 3 is 2.68 bits per heavy atom. The lowest BCUT2D eigenvalue weighted by Gasteiger charge is -2.12. The van der Waals surface area contributed by atoms with Crippen LogP contribution < -0.4 is 10.6 Å². The molecule has 0 saturated heterocycles. The molecule has 19 heavy (non-hydrogen) atoms. The molecule has 2 rings (SSSR count). The summed E-state index contributed by atoms with van der Waals surface area (Å²) in [7, 11) is 0. The van der Waals surface area contributed by atoms with Crippen molar-refractivity contribution in [3.8, 4) is 0 Å². The van der Waals surface area contributed by atoms with E-state index in [2.05, 4.69) is 10.6 Å². The minimum atomic E-state index is -0.665. The number of rotatable bonds is 4. The van der Waals surface area contributed by atoms with Crippen LogP contribution in [0.5, 0.6) is 0 Å². The molecule has 0 aliphatic rings. The van der Waals surface area contributed by atoms with Gasteiger partial charge in [-0.25, -0.2) is 4.79 Å². The first-order valence-electron chi connectivity index (χ1n) is 5.99. The molecule has 4 nitrogen and oxygen atoms in total. The molecule has 1 unspecified atom stereocenters. The molecule has 0 bridgehead atoms. The van der Waals surface area contributed by atoms with Gasteiger partial charge in [-0.1, -0.05) is 18.2 Å². The number of nitrogens with one attached hydrogen (secondary N) is 2. The van der Waals surface area contributed by atoms with Gasteiger partial charge in [0.2, 0.25) is 0 Å². The average molecular weight is 276 g/mol. The standard InChI is InChI=1S/C14H16N2O2S/c1-10-7-8-19-13(10)12(17)9-15-14(18)16-11-5-3-2-4-6-11/h2-8,12,17H,9H2,1H3,(H2,15,16,18). The first kappa shape index (κ1) is 13.6. The van der Waals surface area contributed by atoms with Crippen LogP contribution in [-0.4, -0.2) is 17.7 Å². The normalized spacial score (nSPS) is 11.9. The second-order valence-corrected chi connectivity index (χ2v) is 5.13. The van der Waals surface area contributed by atoms with Crippen molar-refractivity contribution in [2.24, 2.45) is 0 Å². The summed E-state index contributed by atoms with van der Waals surface area (Å²) in [5, 5.41) is 17.3. The Bertz CT molecular complexity index is 539. The minimum absolute atomic E-state index is 0.194. The van der Waals surface area contributed by atoms with Crippen LogP contribution in [0.25, 0.3) is 0 Å². The molecule has 0 aliphatic heterocycles. The van der Waals surface area contributed by atoms with Gasteiger partial charge in [0.05, 0.1) is 6.54 Å². The third-order valence-corrected chi connectivity index (χ3v) is 3.81. The molecule has 0 fully saturated rings. The van der Waals surface area contributed by atoms with Crippen molar-refractivity contribution in [2.75, 3.05) is 11.9 Å². The second-order valence-electron chi connectivity index (χ2n) is 4.18. The zero-order valence-electron chi connectivity index (χ0n) is 10.6. The zero-order valence-corrected chi connectivity index (χ0v) is 11.4. The summed E-state index contributed by atoms with van der Waals surface area (Å²) in [4.78, 5) is 12.5. The number of thiophene rings is 1. The van der Waals surface area contributed by atoms with Crippen LogP contribution in [0.4, 0.5) is 10.5 Å². The van der Waals surface area contributed by atoms with E-state index in [1.807, 2.05) is 36.6 Å². The summed E-state index contributed by atoms with van der Waals surface area (Å²) in [6.45, 7) is 2.14. The SMILES string of the molecule is Cc1ccsc1C(O)CNC(=O)Nc1ccccc1. The van der Waals surface area contributed by atoms with Crippen LogP contribution in [0.15, 0.2) is 41.8 Å². The Hall–Kier alpha value is -1.85. The lowest BCUT2D eigenvalue weighted by molar-refractivity contribution is 0.178. The molecular weight excluding hydrogens is 260 g/mol. The molecule has 3 N–H and O–H groups in total. The van der Waals surface area contributed by atoms with Gasteiger partial charge in [0, 0.05) is 10.6 Å². The third-order valence-electron chi connectivity index (χ3n) is 2.69. The highest BCUT2D eigenvalue weighted by Crippen LogP contribution is 2.23. The molecule has 1 aromatic carbocycles. The fraction of sp³-hybridized carbons (Fsp3) is 0.214. The molecule has 0 aliphatic carbocycles. The van der Waals surface area contributed by atoms with Gasteiger partial charge >= 0.3 is 6.03 Å². The maximum atomic E-state index is 11.6. The first-order valence-corrected chi connectivity index (χ1v) is 6.86. The van der Waals surface area contributed by atoms with E-state index in [1.54, 1.807) is 12.1 Å². The van der Waals surface area contributed by atoms with Crippen LogP contribution >= 0.6 is 11.3 Å². The predicted octanol–water partition coefficient (Wildman–Crippen LogP) is 2.91. The second kappa shape index (κ2) is 6.36. The number of benzene rings is 1. The highest BCUT2D eigenvalue weighted by atomic mass is 32.1. The molecule has 1 heterocycles. The van der Waals surface area contributed by atoms with Crippen molar-refractivity contribution >= 4 is 23.1 Å². The highest BCUT2D eigenvalue weighted by Gasteiger charge is 2.12. The summed E-state index contributed by atoms with van der Waals surface area (Å²) in [6, 6.07) is 10.8. The zero-order chi connectivity index (χ0) is 13.7. The van der Waals surface area contributed by atoms with E-state index in [-0.39, 0.29) is 12.6 Å². The van der Waals surface area contributed by atoms with Crippen LogP contribution in [0, 0.1) is 6.92 Å². The van der Waals surface area contributed by atoms with Crippen molar-refractivity contribution in [3.05, 3.63) is 52.2 Å². The molecule has 100 valence electrons. The number of para-hydroxylation sites is 1. The molecule has 0 spiro atoms. The van der Waals surface area contributed by atoms with E-state index in [1.165, 1.54) is 11.3 Å². The van der Waals surface area contributed by atoms with Crippen LogP contribution in [0.3, 0.4) is 0 Å². The minimum Gasteiger partial charge on any atom is -0.386 e. The third kappa shape index (κ3) is 3.81. The van der Waals surface area contributed by atoms with E-state index >= 15 is 0 Å². The average Bonchev–Trinajstić information content (AvgIpc) is 2.83. The Morgan fingerprint density at radius 1 is 1.32 bits per heavy atom. The summed E-state index contributed by atoms with van der Waals surface area (Å²) < 4.78 is 0. The quantitative estimate of drug-likeness (QED) is 0.804. The lowest BCUT2D eigenvalue weighted by atomic mass is 10.2. The topological polar surface area (TPSA) is 61.4 Å². The number of carbonyl (C=O) groups excluding carboxylic acids is 1. The highest BCUT2D eigenvalue weighted by molar-refractivity contribution is 7.10. The molecule has 2 aromatic rings. The summed E-state index contributed by atoms with van der Waals surface area (Å²) in [6.07, 6.45) is -0.665. The van der Waals surface area contributed by atoms with Gasteiger partial charge in [0.25, 0.3) is 0 Å². The van der Waals surface area contributed by atoms with Crippen molar-refractivity contribution < 1.29 is 9.90 Å². The Kier molecular flexibility index (Phi) is 4.54. The van der Waals surface area contributed by atoms with Gasteiger partial charge in [-0.05, 0) is 36.1 Å². The number of hydrogen-bond donors (Lipinski definition) is 3. The molecular formula is C14H16N2O2S. The van der Waals surface area contributed by atoms with E-state index in [0.717, 1.165) is 16.1 Å². The fourth-order valence-electron chi connectivity index (χ4n) is 1.70. The maximum Gasteiger partial charge on any atom is 0.319 e. The van der Waals surface area contributed by atoms with Crippen molar-refractivity contribution in [3.63, 3.8) is 0 Å². The van der Waals surface area contributed by atoms with Crippen molar-refractivity contribution in [2.45, 2.75) is 13.0 Å². The van der Waals surface area contributed by atoms with Crippen LogP contribution in [0.1, 0.15) is 16.5 Å². The smallest absolute Gasteiger partial charge is 0.319 e. The van der Waals surface area contributed by atoms with Gasteiger partial charge in [-0.3, -0.25) is 0 Å². The van der Waals surface area contributed by atoms with Gasteiger partial charge < -0.3 is 15.7 Å². The number of aryl methyl sites for hydroxylation is 1. The number of amides is 2. The fourth-order valence-corrected chi connectivity index (χ4v) is 2.62. The summed E-state index contributed by atoms with van der Waals surface area (Å²) in [5.74, 6) is 0. The number of carbonyl (C=O) groups is 1. The molecule has 2 amide bonds. The van der Waals surface area contributed by atoms with E-state index in [0.29, 0.717) is 0 Å². The monoisotopic (exact) mass is 276 g/mol. The van der Waals surface area contributed by atoms with Crippen molar-refractivity contribution in [1.29, 1.82) is 0 Å². The predicted molar refractivity (Wildman–Crippen MR) is 77.5 cm³/mol. The number of aliphatic hydroxyl groups is 1. The number of urea groups is 1. The van der Waals surface area contributed by atoms with Gasteiger partial charge in [0.1, 0.15) is 6.10 Å². The number of aliphatic hydroxyl groups excluding tert-OH is 1. The lowest BCUT2D eigenvalue weighted by Crippen LogP contribution is -2.32. The Balaban J connectivity index is 1.82. The Labute approximate surface area is 116 Å². The molecule has 0 radical (unpaired) electrons. The summed E-state index contributed by atoms with van der Waals surface area (Å²) in [5.41, 5.74) is 1.77. The molecule has 1 atom stereocenters. The first-order chi connectivity index (χ1) is 9.16. The Morgan fingerprint density at radius 2 is 2.05 bits per heavy atom. The number of hydrogen-bond acceptors (Lipinski definition) is 3. The van der Waals surface area contributed by atoms with Gasteiger partial charge in [-0.2, -0.15) is 0 Å². The molecule has 5 heteroatoms.